The molecular formula is C16H14ClN7O5S3. The van der Waals surface area contributed by atoms with Crippen LogP contribution in [0.1, 0.15) is 23.5 Å². The van der Waals surface area contributed by atoms with Crippen molar-refractivity contribution in [1.29, 1.82) is 0 Å². The van der Waals surface area contributed by atoms with Crippen molar-refractivity contribution in [3.05, 3.63) is 25.6 Å². The predicted octanol–water partition coefficient (Wildman–Crippen LogP) is 1.29. The lowest BCUT2D eigenvalue weighted by Crippen LogP contribution is -2.72. The largest absolute Gasteiger partial charge is 0.477 e. The maximum absolute atomic E-state index is 12.8. The first kappa shape index (κ1) is 22.4. The molecule has 0 unspecified atom stereocenters. The number of oxime groups is 1. The number of halogens is 1. The van der Waals surface area contributed by atoms with Crippen LogP contribution in [0.4, 0.5) is 5.13 Å². The monoisotopic (exact) mass is 515 g/mol. The Bertz CT molecular complexity index is 1190. The van der Waals surface area contributed by atoms with E-state index in [-0.39, 0.29) is 20.9 Å². The van der Waals surface area contributed by atoms with Crippen molar-refractivity contribution in [2.24, 2.45) is 5.16 Å². The van der Waals surface area contributed by atoms with Gasteiger partial charge in [0, 0.05) is 4.91 Å². The standard InChI is InChI=1S/C16H14ClN7O5S3/c1-4-21-22-16(30-4)31-6-3-2-5-7(13(26)24(5)10(6)14(27)28)19-12(25)9(23-29)8-11(17)32-15(18)20-8/h5,7,29H,2-3H2,1H3,(H2,18,20)(H,19,25)(H,27,28)/b23-9-/t5-,7+/m1/s1. The molecule has 2 amide bonds. The fourth-order valence-electron chi connectivity index (χ4n) is 3.43. The van der Waals surface area contributed by atoms with E-state index < -0.39 is 35.6 Å². The number of nitrogens with zero attached hydrogens (tertiary/aromatic N) is 5. The number of fused-ring (bicyclic) bond motifs is 1. The topological polar surface area (TPSA) is 184 Å². The average molecular weight is 516 g/mol. The quantitative estimate of drug-likeness (QED) is 0.189. The van der Waals surface area contributed by atoms with Gasteiger partial charge in [-0.1, -0.05) is 51.2 Å². The third-order valence-corrected chi connectivity index (χ3v) is 7.86. The van der Waals surface area contributed by atoms with Crippen LogP contribution in [0.2, 0.25) is 4.34 Å². The van der Waals surface area contributed by atoms with Gasteiger partial charge in [-0.3, -0.25) is 14.5 Å². The number of thioether (sulfide) groups is 1. The maximum atomic E-state index is 12.8. The summed E-state index contributed by atoms with van der Waals surface area (Å²) in [7, 11) is 0. The lowest BCUT2D eigenvalue weighted by molar-refractivity contribution is -0.155. The molecule has 12 nitrogen and oxygen atoms in total. The fraction of sp³-hybridized carbons (Fsp3) is 0.312. The number of aliphatic carboxylic acids is 1. The minimum atomic E-state index is -1.25. The number of nitrogens with two attached hydrogens (primary N) is 1. The van der Waals surface area contributed by atoms with Crippen LogP contribution < -0.4 is 11.1 Å². The number of allylic oxidation sites excluding steroid dienone is 1. The summed E-state index contributed by atoms with van der Waals surface area (Å²) in [5.41, 5.74) is 4.81. The molecule has 4 rings (SSSR count). The number of aromatic nitrogens is 3. The Morgan fingerprint density at radius 3 is 2.69 bits per heavy atom. The van der Waals surface area contributed by atoms with E-state index in [0.717, 1.165) is 21.2 Å². The van der Waals surface area contributed by atoms with E-state index in [1.54, 1.807) is 6.92 Å². The van der Waals surface area contributed by atoms with Gasteiger partial charge in [0.1, 0.15) is 26.8 Å². The second kappa shape index (κ2) is 8.65. The molecule has 2 aromatic rings. The number of amides is 2. The van der Waals surface area contributed by atoms with E-state index in [2.05, 4.69) is 25.7 Å². The first-order valence-corrected chi connectivity index (χ1v) is 11.8. The fourth-order valence-corrected chi connectivity index (χ4v) is 6.40. The highest BCUT2D eigenvalue weighted by Gasteiger charge is 2.54. The highest BCUT2D eigenvalue weighted by atomic mass is 35.5. The molecule has 2 aliphatic heterocycles. The Hall–Kier alpha value is -2.75. The van der Waals surface area contributed by atoms with Crippen LogP contribution >= 0.6 is 46.0 Å². The number of thiazole rings is 1. The van der Waals surface area contributed by atoms with Gasteiger partial charge in [-0.15, -0.1) is 10.2 Å². The van der Waals surface area contributed by atoms with Gasteiger partial charge in [0.2, 0.25) is 0 Å². The first-order valence-electron chi connectivity index (χ1n) is 8.93. The molecule has 4 heterocycles. The minimum absolute atomic E-state index is 0.0503. The molecule has 0 aliphatic carbocycles. The second-order valence-electron chi connectivity index (χ2n) is 6.65. The number of nitrogen functional groups attached to an aromatic ring is 1. The van der Waals surface area contributed by atoms with E-state index in [9.17, 15) is 24.7 Å². The number of aryl methyl sites for hydroxylation is 1. The number of β-lactam (4-membered cyclic amide) rings is 1. The third-order valence-electron chi connectivity index (χ3n) is 4.74. The number of rotatable bonds is 6. The lowest BCUT2D eigenvalue weighted by Gasteiger charge is -2.49. The number of anilines is 1. The number of carboxylic acids is 1. The van der Waals surface area contributed by atoms with E-state index in [4.69, 9.17) is 17.3 Å². The van der Waals surface area contributed by atoms with Gasteiger partial charge >= 0.3 is 5.97 Å². The molecule has 0 radical (unpaired) electrons. The SMILES string of the molecule is Cc1nnc(SC2=C(C(=O)O)N3C(=O)[C@@H](NC(=O)/C(=N\O)c4nc(N)sc4Cl)[C@H]3CC2)s1. The summed E-state index contributed by atoms with van der Waals surface area (Å²) in [5.74, 6) is -2.73. The Morgan fingerprint density at radius 1 is 1.38 bits per heavy atom. The van der Waals surface area contributed by atoms with Gasteiger partial charge in [-0.05, 0) is 19.8 Å². The van der Waals surface area contributed by atoms with Gasteiger partial charge < -0.3 is 21.4 Å². The number of carboxylic acid groups (broad SMARTS) is 1. The molecule has 0 aromatic carbocycles. The highest BCUT2D eigenvalue weighted by molar-refractivity contribution is 8.04. The number of carbonyl (C=O) groups is 3. The Kier molecular flexibility index (Phi) is 6.07. The van der Waals surface area contributed by atoms with E-state index in [1.807, 2.05) is 0 Å². The number of hydrogen-bond donors (Lipinski definition) is 4. The van der Waals surface area contributed by atoms with Gasteiger partial charge in [-0.2, -0.15) is 0 Å². The summed E-state index contributed by atoms with van der Waals surface area (Å²) in [6.45, 7) is 1.79. The predicted molar refractivity (Wildman–Crippen MR) is 117 cm³/mol. The summed E-state index contributed by atoms with van der Waals surface area (Å²) in [6, 6.07) is -1.55. The third kappa shape index (κ3) is 3.92. The van der Waals surface area contributed by atoms with E-state index in [0.29, 0.717) is 22.1 Å². The van der Waals surface area contributed by atoms with Crippen LogP contribution in [-0.4, -0.2) is 66.0 Å². The van der Waals surface area contributed by atoms with E-state index >= 15 is 0 Å². The van der Waals surface area contributed by atoms with Crippen molar-refractivity contribution in [3.63, 3.8) is 0 Å². The summed E-state index contributed by atoms with van der Waals surface area (Å²) in [5, 5.41) is 33.2. The molecule has 0 spiro atoms. The van der Waals surface area contributed by atoms with E-state index in [1.165, 1.54) is 23.1 Å². The van der Waals surface area contributed by atoms with Crippen LogP contribution in [0, 0.1) is 6.92 Å². The zero-order valence-electron chi connectivity index (χ0n) is 16.1. The summed E-state index contributed by atoms with van der Waals surface area (Å²) in [4.78, 5) is 42.9. The van der Waals surface area contributed by atoms with Crippen LogP contribution in [-0.2, 0) is 14.4 Å². The van der Waals surface area contributed by atoms with Crippen molar-refractivity contribution in [2.45, 2.75) is 36.2 Å². The van der Waals surface area contributed by atoms with Crippen LogP contribution in [0.15, 0.2) is 20.1 Å². The molecule has 2 atom stereocenters. The van der Waals surface area contributed by atoms with Crippen LogP contribution in [0.5, 0.6) is 0 Å². The molecule has 2 aromatic heterocycles. The molecule has 0 bridgehead atoms. The highest BCUT2D eigenvalue weighted by Crippen LogP contribution is 2.43. The molecule has 5 N–H and O–H groups in total. The molecule has 0 saturated carbocycles. The van der Waals surface area contributed by atoms with Gasteiger partial charge in [0.25, 0.3) is 11.8 Å². The number of hydrogen-bond acceptors (Lipinski definition) is 12. The van der Waals surface area contributed by atoms with Crippen molar-refractivity contribution < 1.29 is 24.7 Å². The number of nitrogens with one attached hydrogen (secondary N) is 1. The smallest absolute Gasteiger partial charge is 0.353 e. The lowest BCUT2D eigenvalue weighted by atomic mass is 9.86. The Labute approximate surface area is 197 Å². The van der Waals surface area contributed by atoms with Gasteiger partial charge in [-0.25, -0.2) is 9.78 Å². The summed E-state index contributed by atoms with van der Waals surface area (Å²) >= 11 is 9.36. The molecular weight excluding hydrogens is 502 g/mol. The first-order chi connectivity index (χ1) is 15.2. The Morgan fingerprint density at radius 2 is 2.12 bits per heavy atom. The normalized spacial score (nSPS) is 20.8. The molecule has 1 saturated heterocycles. The minimum Gasteiger partial charge on any atom is -0.477 e. The van der Waals surface area contributed by atoms with Gasteiger partial charge in [0.05, 0.1) is 6.04 Å². The van der Waals surface area contributed by atoms with Crippen molar-refractivity contribution >= 4 is 74.7 Å². The molecule has 1 fully saturated rings. The zero-order chi connectivity index (χ0) is 23.2. The average Bonchev–Trinajstić information content (AvgIpc) is 3.30. The van der Waals surface area contributed by atoms with Crippen LogP contribution in [0.3, 0.4) is 0 Å². The number of carbonyl (C=O) groups excluding carboxylic acids is 2. The van der Waals surface area contributed by atoms with Crippen molar-refractivity contribution in [2.75, 3.05) is 5.73 Å². The van der Waals surface area contributed by atoms with Crippen molar-refractivity contribution in [1.82, 2.24) is 25.4 Å². The molecule has 2 aliphatic rings. The zero-order valence-corrected chi connectivity index (χ0v) is 19.3. The summed E-state index contributed by atoms with van der Waals surface area (Å²) in [6.07, 6.45) is 0.796. The Balaban J connectivity index is 1.53. The molecule has 168 valence electrons. The van der Waals surface area contributed by atoms with Gasteiger partial charge in [0.15, 0.2) is 15.2 Å². The maximum Gasteiger partial charge on any atom is 0.353 e. The second-order valence-corrected chi connectivity index (χ2v) is 10.8. The molecule has 32 heavy (non-hydrogen) atoms. The van der Waals surface area contributed by atoms with Crippen LogP contribution in [0.25, 0.3) is 0 Å². The molecule has 16 heteroatoms. The summed E-state index contributed by atoms with van der Waals surface area (Å²) < 4.78 is 0.630. The van der Waals surface area contributed by atoms with Crippen molar-refractivity contribution in [3.8, 4) is 0 Å².